The molecule has 1 aromatic carbocycles. The molecule has 0 aliphatic carbocycles. The fourth-order valence-electron chi connectivity index (χ4n) is 1.41. The van der Waals surface area contributed by atoms with Gasteiger partial charge in [-0.15, -0.1) is 11.8 Å². The lowest BCUT2D eigenvalue weighted by Crippen LogP contribution is -2.23. The van der Waals surface area contributed by atoms with Crippen LogP contribution in [0, 0.1) is 0 Å². The van der Waals surface area contributed by atoms with Crippen molar-refractivity contribution in [3.05, 3.63) is 28.8 Å². The first-order chi connectivity index (χ1) is 6.53. The number of thioether (sulfide) groups is 1. The number of aliphatic hydroxyl groups is 1. The molecule has 0 aliphatic rings. The summed E-state index contributed by atoms with van der Waals surface area (Å²) in [7, 11) is 0. The largest absolute Gasteiger partial charge is 0.395 e. The Morgan fingerprint density at radius 3 is 2.57 bits per heavy atom. The lowest BCUT2D eigenvalue weighted by atomic mass is 9.85. The molecule has 0 fully saturated rings. The molecule has 1 rings (SSSR count). The fraction of sp³-hybridized carbons (Fsp3) is 0.455. The van der Waals surface area contributed by atoms with E-state index in [2.05, 4.69) is 0 Å². The summed E-state index contributed by atoms with van der Waals surface area (Å²) >= 11 is 7.80. The number of hydrogen-bond donors (Lipinski definition) is 1. The van der Waals surface area contributed by atoms with Crippen LogP contribution in [-0.4, -0.2) is 18.0 Å². The van der Waals surface area contributed by atoms with Gasteiger partial charge in [-0.1, -0.05) is 31.5 Å². The van der Waals surface area contributed by atoms with E-state index < -0.39 is 0 Å². The lowest BCUT2D eigenvalue weighted by Gasteiger charge is -2.25. The highest BCUT2D eigenvalue weighted by Gasteiger charge is 2.25. The van der Waals surface area contributed by atoms with E-state index in [0.717, 1.165) is 15.5 Å². The third kappa shape index (κ3) is 2.25. The summed E-state index contributed by atoms with van der Waals surface area (Å²) in [6.45, 7) is 4.09. The van der Waals surface area contributed by atoms with Gasteiger partial charge in [-0.3, -0.25) is 0 Å². The summed E-state index contributed by atoms with van der Waals surface area (Å²) in [5, 5.41) is 10.1. The highest BCUT2D eigenvalue weighted by molar-refractivity contribution is 7.98. The van der Waals surface area contributed by atoms with Crippen LogP contribution in [0.2, 0.25) is 5.02 Å². The minimum atomic E-state index is -0.281. The number of rotatable bonds is 3. The summed E-state index contributed by atoms with van der Waals surface area (Å²) in [4.78, 5) is 1.14. The minimum Gasteiger partial charge on any atom is -0.395 e. The number of benzene rings is 1. The Bertz CT molecular complexity index is 323. The van der Waals surface area contributed by atoms with Gasteiger partial charge in [-0.05, 0) is 24.0 Å². The molecule has 1 N–H and O–H groups in total. The van der Waals surface area contributed by atoms with Gasteiger partial charge >= 0.3 is 0 Å². The van der Waals surface area contributed by atoms with Crippen molar-refractivity contribution in [2.75, 3.05) is 12.9 Å². The zero-order valence-corrected chi connectivity index (χ0v) is 10.2. The normalized spacial score (nSPS) is 11.8. The Labute approximate surface area is 94.5 Å². The minimum absolute atomic E-state index is 0.101. The van der Waals surface area contributed by atoms with Crippen molar-refractivity contribution < 1.29 is 5.11 Å². The molecule has 0 amide bonds. The van der Waals surface area contributed by atoms with Gasteiger partial charge < -0.3 is 5.11 Å². The second-order valence-corrected chi connectivity index (χ2v) is 5.11. The summed E-state index contributed by atoms with van der Waals surface area (Å²) in [6.07, 6.45) is 2.02. The van der Waals surface area contributed by atoms with E-state index in [1.165, 1.54) is 0 Å². The fourth-order valence-corrected chi connectivity index (χ4v) is 2.70. The standard InChI is InChI=1S/C11H15ClOS/c1-11(2,7-13)10-8(12)5-4-6-9(10)14-3/h4-6,13H,7H2,1-3H3. The molecule has 0 atom stereocenters. The summed E-state index contributed by atoms with van der Waals surface area (Å²) in [5.74, 6) is 0. The Kier molecular flexibility index (Phi) is 3.87. The second-order valence-electron chi connectivity index (χ2n) is 3.86. The third-order valence-electron chi connectivity index (χ3n) is 2.27. The topological polar surface area (TPSA) is 20.2 Å². The highest BCUT2D eigenvalue weighted by Crippen LogP contribution is 2.36. The van der Waals surface area contributed by atoms with Crippen molar-refractivity contribution >= 4 is 23.4 Å². The quantitative estimate of drug-likeness (QED) is 0.804. The maximum atomic E-state index is 9.32. The van der Waals surface area contributed by atoms with Crippen LogP contribution in [0.1, 0.15) is 19.4 Å². The van der Waals surface area contributed by atoms with Crippen molar-refractivity contribution in [1.82, 2.24) is 0 Å². The summed E-state index contributed by atoms with van der Waals surface area (Å²) < 4.78 is 0. The third-order valence-corrected chi connectivity index (χ3v) is 3.36. The zero-order valence-electron chi connectivity index (χ0n) is 8.67. The van der Waals surface area contributed by atoms with Crippen LogP contribution in [0.3, 0.4) is 0 Å². The average molecular weight is 231 g/mol. The van der Waals surface area contributed by atoms with E-state index in [-0.39, 0.29) is 12.0 Å². The summed E-state index contributed by atoms with van der Waals surface area (Å²) in [5.41, 5.74) is 0.758. The van der Waals surface area contributed by atoms with Gasteiger partial charge in [0.1, 0.15) is 0 Å². The van der Waals surface area contributed by atoms with Crippen molar-refractivity contribution in [2.45, 2.75) is 24.2 Å². The van der Waals surface area contributed by atoms with Crippen LogP contribution in [0.4, 0.5) is 0 Å². The van der Waals surface area contributed by atoms with Crippen LogP contribution in [0.15, 0.2) is 23.1 Å². The molecule has 78 valence electrons. The molecule has 14 heavy (non-hydrogen) atoms. The molecule has 0 radical (unpaired) electrons. The van der Waals surface area contributed by atoms with Crippen LogP contribution in [0.5, 0.6) is 0 Å². The monoisotopic (exact) mass is 230 g/mol. The molecule has 1 aromatic rings. The van der Waals surface area contributed by atoms with E-state index in [0.29, 0.717) is 0 Å². The van der Waals surface area contributed by atoms with Gasteiger partial charge in [0.15, 0.2) is 0 Å². The Balaban J connectivity index is 3.30. The van der Waals surface area contributed by atoms with E-state index >= 15 is 0 Å². The molecule has 0 saturated heterocycles. The molecule has 0 aliphatic heterocycles. The molecule has 0 unspecified atom stereocenters. The molecular weight excluding hydrogens is 216 g/mol. The van der Waals surface area contributed by atoms with Crippen LogP contribution in [0.25, 0.3) is 0 Å². The van der Waals surface area contributed by atoms with Crippen LogP contribution in [-0.2, 0) is 5.41 Å². The van der Waals surface area contributed by atoms with Gasteiger partial charge in [-0.2, -0.15) is 0 Å². The first kappa shape index (κ1) is 11.9. The first-order valence-corrected chi connectivity index (χ1v) is 6.07. The Morgan fingerprint density at radius 1 is 1.43 bits per heavy atom. The predicted molar refractivity (Wildman–Crippen MR) is 63.3 cm³/mol. The molecular formula is C11H15ClOS. The molecule has 3 heteroatoms. The Hall–Kier alpha value is -0.180. The van der Waals surface area contributed by atoms with E-state index in [1.54, 1.807) is 11.8 Å². The van der Waals surface area contributed by atoms with E-state index in [4.69, 9.17) is 11.6 Å². The van der Waals surface area contributed by atoms with Crippen LogP contribution < -0.4 is 0 Å². The maximum absolute atomic E-state index is 9.32. The van der Waals surface area contributed by atoms with Crippen molar-refractivity contribution in [1.29, 1.82) is 0 Å². The molecule has 0 saturated carbocycles. The highest BCUT2D eigenvalue weighted by atomic mass is 35.5. The van der Waals surface area contributed by atoms with Crippen molar-refractivity contribution in [3.63, 3.8) is 0 Å². The van der Waals surface area contributed by atoms with E-state index in [9.17, 15) is 5.11 Å². The number of hydrogen-bond acceptors (Lipinski definition) is 2. The SMILES string of the molecule is CSc1cccc(Cl)c1C(C)(C)CO. The zero-order chi connectivity index (χ0) is 10.8. The number of halogens is 1. The molecule has 0 aromatic heterocycles. The Morgan fingerprint density at radius 2 is 2.07 bits per heavy atom. The molecule has 0 spiro atoms. The molecule has 0 heterocycles. The average Bonchev–Trinajstić information content (AvgIpc) is 2.17. The van der Waals surface area contributed by atoms with Gasteiger partial charge in [-0.25, -0.2) is 0 Å². The van der Waals surface area contributed by atoms with Crippen molar-refractivity contribution in [2.24, 2.45) is 0 Å². The van der Waals surface area contributed by atoms with Gasteiger partial charge in [0.25, 0.3) is 0 Å². The first-order valence-electron chi connectivity index (χ1n) is 4.47. The summed E-state index contributed by atoms with van der Waals surface area (Å²) in [6, 6.07) is 5.84. The van der Waals surface area contributed by atoms with Gasteiger partial charge in [0.2, 0.25) is 0 Å². The maximum Gasteiger partial charge on any atom is 0.0523 e. The predicted octanol–water partition coefficient (Wildman–Crippen LogP) is 3.33. The smallest absolute Gasteiger partial charge is 0.0523 e. The van der Waals surface area contributed by atoms with Crippen molar-refractivity contribution in [3.8, 4) is 0 Å². The van der Waals surface area contributed by atoms with Crippen LogP contribution >= 0.6 is 23.4 Å². The molecule has 1 nitrogen and oxygen atoms in total. The van der Waals surface area contributed by atoms with Gasteiger partial charge in [0.05, 0.1) is 6.61 Å². The molecule has 0 bridgehead atoms. The lowest BCUT2D eigenvalue weighted by molar-refractivity contribution is 0.216. The number of aliphatic hydroxyl groups excluding tert-OH is 1. The second kappa shape index (κ2) is 4.56. The van der Waals surface area contributed by atoms with Gasteiger partial charge in [0, 0.05) is 15.3 Å². The van der Waals surface area contributed by atoms with E-state index in [1.807, 2.05) is 38.3 Å².